The number of phenolic OH excluding ortho intramolecular Hbond substituents is 4. The fraction of sp³-hybridized carbons (Fsp3) is 0.300. The Morgan fingerprint density at radius 3 is 2.11 bits per heavy atom. The number of rotatable bonds is 5. The smallest absolute Gasteiger partial charge is 0.201 e. The third-order valence-corrected chi connectivity index (χ3v) is 4.80. The van der Waals surface area contributed by atoms with Gasteiger partial charge < -0.3 is 30.6 Å². The monoisotopic (exact) mass is 388 g/mol. The molecule has 2 atom stereocenters. The topological polar surface area (TPSA) is 156 Å². The fourth-order valence-corrected chi connectivity index (χ4v) is 3.46. The van der Waals surface area contributed by atoms with Crippen LogP contribution in [0.25, 0.3) is 0 Å². The minimum Gasteiger partial charge on any atom is -0.508 e. The van der Waals surface area contributed by atoms with Crippen LogP contribution in [-0.2, 0) is 0 Å². The number of fused-ring (bicyclic) bond motifs is 2. The van der Waals surface area contributed by atoms with Gasteiger partial charge in [0.25, 0.3) is 0 Å². The lowest BCUT2D eigenvalue weighted by Crippen LogP contribution is -2.22. The van der Waals surface area contributed by atoms with Crippen LogP contribution in [0.5, 0.6) is 23.0 Å². The van der Waals surface area contributed by atoms with E-state index in [4.69, 9.17) is 0 Å². The second-order valence-electron chi connectivity index (χ2n) is 6.92. The van der Waals surface area contributed by atoms with Crippen molar-refractivity contribution in [2.45, 2.75) is 38.4 Å². The number of phenols is 4. The first-order valence-corrected chi connectivity index (χ1v) is 8.73. The van der Waals surface area contributed by atoms with Crippen LogP contribution in [-0.4, -0.2) is 48.3 Å². The zero-order valence-electron chi connectivity index (χ0n) is 15.0. The van der Waals surface area contributed by atoms with E-state index in [-0.39, 0.29) is 28.7 Å². The summed E-state index contributed by atoms with van der Waals surface area (Å²) in [5, 5.41) is 60.1. The number of carbonyl (C=O) groups is 2. The summed E-state index contributed by atoms with van der Waals surface area (Å²) in [5.41, 5.74) is -1.64. The summed E-state index contributed by atoms with van der Waals surface area (Å²) in [4.78, 5) is 25.5. The van der Waals surface area contributed by atoms with Crippen molar-refractivity contribution in [1.82, 2.24) is 0 Å². The summed E-state index contributed by atoms with van der Waals surface area (Å²) >= 11 is 0. The number of aliphatic hydroxyl groups is 2. The number of benzene rings is 2. The van der Waals surface area contributed by atoms with Gasteiger partial charge in [0.15, 0.2) is 5.78 Å². The Bertz CT molecular complexity index is 977. The van der Waals surface area contributed by atoms with Gasteiger partial charge >= 0.3 is 0 Å². The molecule has 6 N–H and O–H groups in total. The molecule has 1 aliphatic carbocycles. The number of hydrogen-bond acceptors (Lipinski definition) is 8. The van der Waals surface area contributed by atoms with Crippen LogP contribution in [0, 0.1) is 0 Å². The zero-order chi connectivity index (χ0) is 20.7. The van der Waals surface area contributed by atoms with Crippen molar-refractivity contribution >= 4 is 11.6 Å². The first-order chi connectivity index (χ1) is 13.1. The summed E-state index contributed by atoms with van der Waals surface area (Å²) in [6, 6.07) is 2.90. The van der Waals surface area contributed by atoms with Crippen LogP contribution in [0.15, 0.2) is 18.2 Å². The van der Waals surface area contributed by atoms with E-state index in [1.807, 2.05) is 0 Å². The number of carbonyl (C=O) groups excluding carboxylic acids is 2. The van der Waals surface area contributed by atoms with E-state index in [9.17, 15) is 40.2 Å². The van der Waals surface area contributed by atoms with E-state index in [1.165, 1.54) is 0 Å². The maximum absolute atomic E-state index is 12.8. The molecule has 2 aromatic carbocycles. The summed E-state index contributed by atoms with van der Waals surface area (Å²) in [5.74, 6) is -3.97. The molecule has 0 saturated carbocycles. The van der Waals surface area contributed by atoms with Crippen LogP contribution < -0.4 is 0 Å². The van der Waals surface area contributed by atoms with Crippen LogP contribution in [0.3, 0.4) is 0 Å². The molecule has 8 nitrogen and oxygen atoms in total. The third-order valence-electron chi connectivity index (χ3n) is 4.80. The molecule has 0 aliphatic heterocycles. The molecule has 1 aliphatic rings. The Kier molecular flexibility index (Phi) is 5.01. The molecule has 0 saturated heterocycles. The van der Waals surface area contributed by atoms with Gasteiger partial charge in [0.2, 0.25) is 5.78 Å². The second-order valence-corrected chi connectivity index (χ2v) is 6.92. The van der Waals surface area contributed by atoms with Crippen molar-refractivity contribution < 1.29 is 40.2 Å². The Morgan fingerprint density at radius 1 is 0.821 bits per heavy atom. The van der Waals surface area contributed by atoms with Gasteiger partial charge in [-0.25, -0.2) is 0 Å². The minimum absolute atomic E-state index is 0.0999. The Balaban J connectivity index is 2.10. The molecule has 0 amide bonds. The third kappa shape index (κ3) is 3.17. The minimum atomic E-state index is -1.33. The molecular weight excluding hydrogens is 368 g/mol. The van der Waals surface area contributed by atoms with Gasteiger partial charge in [-0.15, -0.1) is 0 Å². The Labute approximate surface area is 159 Å². The van der Waals surface area contributed by atoms with E-state index in [0.29, 0.717) is 12.8 Å². The highest BCUT2D eigenvalue weighted by Gasteiger charge is 2.37. The van der Waals surface area contributed by atoms with Gasteiger partial charge in [0, 0.05) is 17.2 Å². The second kappa shape index (κ2) is 7.14. The SMILES string of the molecule is CC(O)CCC[C@H](O)c1c(O)cc2c(c1O)C(=O)c1c(O)cc(O)cc1C2=O. The van der Waals surface area contributed by atoms with E-state index in [1.54, 1.807) is 6.92 Å². The van der Waals surface area contributed by atoms with E-state index in [0.717, 1.165) is 18.2 Å². The van der Waals surface area contributed by atoms with Crippen molar-refractivity contribution in [3.63, 3.8) is 0 Å². The Hall–Kier alpha value is -3.10. The van der Waals surface area contributed by atoms with Gasteiger partial charge in [-0.1, -0.05) is 0 Å². The Morgan fingerprint density at radius 2 is 1.46 bits per heavy atom. The molecule has 3 rings (SSSR count). The molecule has 0 fully saturated rings. The standard InChI is InChI=1S/C20H20O8/c1-8(21)3-2-4-12(23)17-14(25)7-11-16(20(17)28)19(27)15-10(18(11)26)5-9(22)6-13(15)24/h5-8,12,21-25,28H,2-4H2,1H3/t8?,12-/m0/s1. The molecule has 28 heavy (non-hydrogen) atoms. The maximum atomic E-state index is 12.8. The normalized spacial score (nSPS) is 15.1. The summed E-state index contributed by atoms with van der Waals surface area (Å²) in [6.07, 6.45) is -1.02. The lowest BCUT2D eigenvalue weighted by atomic mass is 9.81. The molecule has 0 heterocycles. The van der Waals surface area contributed by atoms with Crippen LogP contribution >= 0.6 is 0 Å². The van der Waals surface area contributed by atoms with E-state index in [2.05, 4.69) is 0 Å². The first-order valence-electron chi connectivity index (χ1n) is 8.73. The van der Waals surface area contributed by atoms with Gasteiger partial charge in [0.05, 0.1) is 28.9 Å². The predicted octanol–water partition coefficient (Wildman–Crippen LogP) is 1.87. The van der Waals surface area contributed by atoms with Gasteiger partial charge in [0.1, 0.15) is 23.0 Å². The molecule has 2 aromatic rings. The van der Waals surface area contributed by atoms with Crippen LogP contribution in [0.4, 0.5) is 0 Å². The largest absolute Gasteiger partial charge is 0.508 e. The van der Waals surface area contributed by atoms with E-state index < -0.39 is 52.3 Å². The van der Waals surface area contributed by atoms with E-state index >= 15 is 0 Å². The van der Waals surface area contributed by atoms with Gasteiger partial charge in [-0.05, 0) is 38.3 Å². The molecular formula is C20H20O8. The molecule has 8 heteroatoms. The van der Waals surface area contributed by atoms with Crippen molar-refractivity contribution in [1.29, 1.82) is 0 Å². The molecule has 0 spiro atoms. The highest BCUT2D eigenvalue weighted by molar-refractivity contribution is 6.30. The first kappa shape index (κ1) is 19.7. The number of aliphatic hydroxyl groups excluding tert-OH is 2. The average Bonchev–Trinajstić information content (AvgIpc) is 2.58. The van der Waals surface area contributed by atoms with Crippen LogP contribution in [0.2, 0.25) is 0 Å². The summed E-state index contributed by atoms with van der Waals surface area (Å²) in [6.45, 7) is 1.59. The number of ketones is 2. The van der Waals surface area contributed by atoms with Crippen molar-refractivity contribution in [2.75, 3.05) is 0 Å². The van der Waals surface area contributed by atoms with Crippen molar-refractivity contribution in [2.24, 2.45) is 0 Å². The molecule has 0 aromatic heterocycles. The molecule has 0 bridgehead atoms. The summed E-state index contributed by atoms with van der Waals surface area (Å²) < 4.78 is 0. The lowest BCUT2D eigenvalue weighted by molar-refractivity contribution is 0.0971. The highest BCUT2D eigenvalue weighted by atomic mass is 16.3. The molecule has 0 radical (unpaired) electrons. The lowest BCUT2D eigenvalue weighted by Gasteiger charge is -2.23. The van der Waals surface area contributed by atoms with Crippen LogP contribution in [0.1, 0.15) is 69.7 Å². The fourth-order valence-electron chi connectivity index (χ4n) is 3.46. The predicted molar refractivity (Wildman–Crippen MR) is 96.9 cm³/mol. The van der Waals surface area contributed by atoms with Crippen molar-refractivity contribution in [3.8, 4) is 23.0 Å². The van der Waals surface area contributed by atoms with Gasteiger partial charge in [-0.3, -0.25) is 9.59 Å². The number of aromatic hydroxyl groups is 4. The number of hydrogen-bond donors (Lipinski definition) is 6. The molecule has 148 valence electrons. The average molecular weight is 388 g/mol. The quantitative estimate of drug-likeness (QED) is 0.387. The molecule has 1 unspecified atom stereocenters. The maximum Gasteiger partial charge on any atom is 0.201 e. The van der Waals surface area contributed by atoms with Gasteiger partial charge in [-0.2, -0.15) is 0 Å². The highest BCUT2D eigenvalue weighted by Crippen LogP contribution is 2.45. The van der Waals surface area contributed by atoms with Crippen molar-refractivity contribution in [3.05, 3.63) is 46.0 Å². The zero-order valence-corrected chi connectivity index (χ0v) is 15.0. The summed E-state index contributed by atoms with van der Waals surface area (Å²) in [7, 11) is 0.